The van der Waals surface area contributed by atoms with Crippen LogP contribution in [0, 0.1) is 0 Å². The quantitative estimate of drug-likeness (QED) is 0.778. The van der Waals surface area contributed by atoms with Gasteiger partial charge in [-0.05, 0) is 37.2 Å². The highest BCUT2D eigenvalue weighted by atomic mass is 15.1. The van der Waals surface area contributed by atoms with Crippen molar-refractivity contribution < 1.29 is 0 Å². The molecule has 2 aromatic heterocycles. The summed E-state index contributed by atoms with van der Waals surface area (Å²) >= 11 is 0. The fourth-order valence-corrected chi connectivity index (χ4v) is 2.99. The maximum Gasteiger partial charge on any atom is 0.0923 e. The fourth-order valence-electron chi connectivity index (χ4n) is 2.99. The van der Waals surface area contributed by atoms with Gasteiger partial charge in [0.1, 0.15) is 0 Å². The normalized spacial score (nSPS) is 17.7. The van der Waals surface area contributed by atoms with Crippen LogP contribution in [0.15, 0.2) is 54.7 Å². The van der Waals surface area contributed by atoms with Crippen molar-refractivity contribution in [1.29, 1.82) is 0 Å². The van der Waals surface area contributed by atoms with Crippen molar-refractivity contribution in [3.05, 3.63) is 60.4 Å². The van der Waals surface area contributed by atoms with Crippen LogP contribution in [0.2, 0.25) is 0 Å². The number of hydrogen-bond acceptors (Lipinski definition) is 3. The average molecular weight is 290 g/mol. The highest BCUT2D eigenvalue weighted by molar-refractivity contribution is 5.69. The summed E-state index contributed by atoms with van der Waals surface area (Å²) in [5, 5.41) is 11.1. The third-order valence-corrected chi connectivity index (χ3v) is 4.22. The Balaban J connectivity index is 1.65. The highest BCUT2D eigenvalue weighted by Gasteiger charge is 2.19. The molecule has 1 aliphatic rings. The minimum absolute atomic E-state index is 0.556. The molecule has 0 bridgehead atoms. The van der Waals surface area contributed by atoms with Gasteiger partial charge in [0.25, 0.3) is 0 Å². The van der Waals surface area contributed by atoms with Crippen LogP contribution in [0.5, 0.6) is 0 Å². The maximum absolute atomic E-state index is 4.49. The van der Waals surface area contributed by atoms with Gasteiger partial charge in [0.15, 0.2) is 0 Å². The number of nitrogens with one attached hydrogen (secondary N) is 2. The third-order valence-electron chi connectivity index (χ3n) is 4.22. The van der Waals surface area contributed by atoms with Gasteiger partial charge in [-0.1, -0.05) is 24.3 Å². The molecule has 1 fully saturated rings. The van der Waals surface area contributed by atoms with E-state index in [-0.39, 0.29) is 0 Å². The summed E-state index contributed by atoms with van der Waals surface area (Å²) in [5.74, 6) is 0.556. The van der Waals surface area contributed by atoms with Crippen molar-refractivity contribution in [3.63, 3.8) is 0 Å². The first-order valence-electron chi connectivity index (χ1n) is 7.68. The summed E-state index contributed by atoms with van der Waals surface area (Å²) in [4.78, 5) is 4.42. The van der Waals surface area contributed by atoms with Gasteiger partial charge in [0, 0.05) is 35.5 Å². The Labute approximate surface area is 129 Å². The van der Waals surface area contributed by atoms with Crippen LogP contribution in [-0.2, 0) is 0 Å². The molecule has 110 valence electrons. The monoisotopic (exact) mass is 290 g/mol. The molecule has 1 aromatic carbocycles. The zero-order chi connectivity index (χ0) is 14.8. The Morgan fingerprint density at radius 2 is 1.86 bits per heavy atom. The van der Waals surface area contributed by atoms with E-state index in [1.807, 2.05) is 24.4 Å². The third kappa shape index (κ3) is 2.53. The number of H-pyrrole nitrogens is 1. The number of hydrogen-bond donors (Lipinski definition) is 2. The van der Waals surface area contributed by atoms with E-state index in [2.05, 4.69) is 50.8 Å². The van der Waals surface area contributed by atoms with Crippen molar-refractivity contribution in [2.45, 2.75) is 12.3 Å². The zero-order valence-electron chi connectivity index (χ0n) is 12.3. The standard InChI is InChI=1S/C18H18N4/c1-2-8-20-16(6-1)13-4-3-5-14(10-13)17-11-18(22-21-17)15-7-9-19-12-15/h1-6,8,10-11,15,19H,7,9,12H2,(H,21,22). The van der Waals surface area contributed by atoms with E-state index in [1.54, 1.807) is 0 Å². The van der Waals surface area contributed by atoms with Gasteiger partial charge in [-0.15, -0.1) is 0 Å². The van der Waals surface area contributed by atoms with Crippen LogP contribution in [-0.4, -0.2) is 28.3 Å². The molecule has 22 heavy (non-hydrogen) atoms. The molecule has 3 aromatic rings. The number of benzene rings is 1. The van der Waals surface area contributed by atoms with Crippen LogP contribution in [0.1, 0.15) is 18.0 Å². The average Bonchev–Trinajstić information content (AvgIpc) is 3.27. The van der Waals surface area contributed by atoms with Crippen LogP contribution < -0.4 is 5.32 Å². The largest absolute Gasteiger partial charge is 0.316 e. The van der Waals surface area contributed by atoms with E-state index in [1.165, 1.54) is 12.1 Å². The molecule has 1 saturated heterocycles. The molecule has 4 nitrogen and oxygen atoms in total. The SMILES string of the molecule is c1ccc(-c2cccc(-c3cc(C4CCNC4)[nH]n3)c2)nc1. The lowest BCUT2D eigenvalue weighted by molar-refractivity contribution is 0.729. The minimum Gasteiger partial charge on any atom is -0.316 e. The first kappa shape index (κ1) is 13.2. The predicted octanol–water partition coefficient (Wildman–Crippen LogP) is 3.22. The van der Waals surface area contributed by atoms with E-state index in [9.17, 15) is 0 Å². The molecule has 4 rings (SSSR count). The molecule has 0 aliphatic carbocycles. The summed E-state index contributed by atoms with van der Waals surface area (Å²) in [5.41, 5.74) is 5.45. The van der Waals surface area contributed by atoms with Crippen molar-refractivity contribution in [3.8, 4) is 22.5 Å². The molecule has 3 heterocycles. The summed E-state index contributed by atoms with van der Waals surface area (Å²) in [7, 11) is 0. The van der Waals surface area contributed by atoms with Gasteiger partial charge in [0.2, 0.25) is 0 Å². The Kier molecular flexibility index (Phi) is 3.45. The van der Waals surface area contributed by atoms with Gasteiger partial charge in [-0.25, -0.2) is 0 Å². The molecule has 1 unspecified atom stereocenters. The summed E-state index contributed by atoms with van der Waals surface area (Å²) in [6.07, 6.45) is 3.00. The van der Waals surface area contributed by atoms with Crippen molar-refractivity contribution in [1.82, 2.24) is 20.5 Å². The number of nitrogens with zero attached hydrogens (tertiary/aromatic N) is 2. The lowest BCUT2D eigenvalue weighted by atomic mass is 10.0. The zero-order valence-corrected chi connectivity index (χ0v) is 12.3. The van der Waals surface area contributed by atoms with Gasteiger partial charge >= 0.3 is 0 Å². The van der Waals surface area contributed by atoms with Crippen molar-refractivity contribution in [2.24, 2.45) is 0 Å². The van der Waals surface area contributed by atoms with Crippen molar-refractivity contribution in [2.75, 3.05) is 13.1 Å². The summed E-state index contributed by atoms with van der Waals surface area (Å²) in [6.45, 7) is 2.13. The molecule has 0 saturated carbocycles. The molecule has 4 heteroatoms. The van der Waals surface area contributed by atoms with E-state index in [0.29, 0.717) is 5.92 Å². The lowest BCUT2D eigenvalue weighted by Gasteiger charge is -2.03. The lowest BCUT2D eigenvalue weighted by Crippen LogP contribution is -2.08. The molecule has 1 aliphatic heterocycles. The first-order chi connectivity index (χ1) is 10.9. The maximum atomic E-state index is 4.49. The van der Waals surface area contributed by atoms with Crippen LogP contribution in [0.25, 0.3) is 22.5 Å². The van der Waals surface area contributed by atoms with E-state index in [4.69, 9.17) is 0 Å². The van der Waals surface area contributed by atoms with E-state index in [0.717, 1.165) is 35.6 Å². The van der Waals surface area contributed by atoms with Gasteiger partial charge in [0.05, 0.1) is 11.4 Å². The second-order valence-corrected chi connectivity index (χ2v) is 5.69. The molecule has 2 N–H and O–H groups in total. The number of pyridine rings is 1. The first-order valence-corrected chi connectivity index (χ1v) is 7.68. The smallest absolute Gasteiger partial charge is 0.0923 e. The van der Waals surface area contributed by atoms with Gasteiger partial charge in [-0.2, -0.15) is 5.10 Å². The number of rotatable bonds is 3. The minimum atomic E-state index is 0.556. The second kappa shape index (κ2) is 5.73. The fraction of sp³-hybridized carbons (Fsp3) is 0.222. The number of aromatic amines is 1. The predicted molar refractivity (Wildman–Crippen MR) is 87.5 cm³/mol. The van der Waals surface area contributed by atoms with Crippen LogP contribution >= 0.6 is 0 Å². The summed E-state index contributed by atoms with van der Waals surface area (Å²) < 4.78 is 0. The Hall–Kier alpha value is -2.46. The van der Waals surface area contributed by atoms with E-state index >= 15 is 0 Å². The topological polar surface area (TPSA) is 53.6 Å². The molecule has 0 radical (unpaired) electrons. The Morgan fingerprint density at radius 1 is 0.955 bits per heavy atom. The Bertz CT molecular complexity index is 758. The summed E-state index contributed by atoms with van der Waals surface area (Å²) in [6, 6.07) is 16.5. The van der Waals surface area contributed by atoms with Gasteiger partial charge in [-0.3, -0.25) is 10.1 Å². The molecule has 0 amide bonds. The second-order valence-electron chi connectivity index (χ2n) is 5.69. The highest BCUT2D eigenvalue weighted by Crippen LogP contribution is 2.27. The Morgan fingerprint density at radius 3 is 2.64 bits per heavy atom. The molecular weight excluding hydrogens is 272 g/mol. The van der Waals surface area contributed by atoms with E-state index < -0.39 is 0 Å². The number of aromatic nitrogens is 3. The molecule has 0 spiro atoms. The van der Waals surface area contributed by atoms with Crippen molar-refractivity contribution >= 4 is 0 Å². The van der Waals surface area contributed by atoms with Gasteiger partial charge < -0.3 is 5.32 Å². The van der Waals surface area contributed by atoms with Crippen LogP contribution in [0.3, 0.4) is 0 Å². The molecule has 1 atom stereocenters. The molecular formula is C18H18N4. The van der Waals surface area contributed by atoms with Crippen LogP contribution in [0.4, 0.5) is 0 Å².